The standard InChI is InChI=1S/C19H18ClFO7S/c20-10-1-5-12(6-2-10)25-18-16(24)17(15(23)14(9-22)27-18)28-19(29)26-13-7-3-11(21)4-8-13/h1-8,14-18,22-24H,9H2/t14-,15+,16-,17+,18+/m1/s1. The molecule has 156 valence electrons. The minimum Gasteiger partial charge on any atom is -0.462 e. The molecule has 7 nitrogen and oxygen atoms in total. The lowest BCUT2D eigenvalue weighted by molar-refractivity contribution is -0.275. The van der Waals surface area contributed by atoms with Gasteiger partial charge in [-0.3, -0.25) is 0 Å². The predicted octanol–water partition coefficient (Wildman–Crippen LogP) is 2.05. The molecule has 2 aromatic rings. The molecule has 2 aromatic carbocycles. The number of aliphatic hydroxyl groups is 3. The smallest absolute Gasteiger partial charge is 0.358 e. The molecule has 0 spiro atoms. The molecule has 5 atom stereocenters. The fourth-order valence-electron chi connectivity index (χ4n) is 2.67. The van der Waals surface area contributed by atoms with Gasteiger partial charge in [-0.15, -0.1) is 0 Å². The molecule has 0 saturated carbocycles. The molecule has 0 radical (unpaired) electrons. The highest BCUT2D eigenvalue weighted by atomic mass is 35.5. The van der Waals surface area contributed by atoms with Gasteiger partial charge in [-0.1, -0.05) is 11.6 Å². The normalized spacial score (nSPS) is 26.6. The summed E-state index contributed by atoms with van der Waals surface area (Å²) >= 11 is 10.8. The molecular formula is C19H18ClFO7S. The Bertz CT molecular complexity index is 820. The molecule has 10 heteroatoms. The van der Waals surface area contributed by atoms with Gasteiger partial charge in [-0.05, 0) is 48.5 Å². The van der Waals surface area contributed by atoms with E-state index in [-0.39, 0.29) is 5.75 Å². The van der Waals surface area contributed by atoms with Gasteiger partial charge in [0.05, 0.1) is 6.61 Å². The number of hydrogen-bond donors (Lipinski definition) is 3. The molecule has 0 unspecified atom stereocenters. The number of aliphatic hydroxyl groups excluding tert-OH is 3. The number of benzene rings is 2. The van der Waals surface area contributed by atoms with Crippen molar-refractivity contribution in [3.05, 3.63) is 59.4 Å². The topological polar surface area (TPSA) is 97.6 Å². The predicted molar refractivity (Wildman–Crippen MR) is 104 cm³/mol. The Morgan fingerprint density at radius 3 is 2.28 bits per heavy atom. The van der Waals surface area contributed by atoms with Crippen molar-refractivity contribution in [1.82, 2.24) is 0 Å². The first kappa shape index (κ1) is 21.7. The summed E-state index contributed by atoms with van der Waals surface area (Å²) in [4.78, 5) is 0. The maximum absolute atomic E-state index is 13.0. The Labute approximate surface area is 176 Å². The average Bonchev–Trinajstić information content (AvgIpc) is 2.70. The van der Waals surface area contributed by atoms with Crippen LogP contribution in [0.5, 0.6) is 11.5 Å². The minimum atomic E-state index is -1.47. The summed E-state index contributed by atoms with van der Waals surface area (Å²) in [5, 5.41) is 30.5. The van der Waals surface area contributed by atoms with Crippen LogP contribution in [-0.4, -0.2) is 57.9 Å². The average molecular weight is 445 g/mol. The molecule has 1 heterocycles. The molecule has 1 saturated heterocycles. The Hall–Kier alpha value is -2.01. The molecule has 0 amide bonds. The quantitative estimate of drug-likeness (QED) is 0.603. The van der Waals surface area contributed by atoms with Crippen molar-refractivity contribution in [2.24, 2.45) is 0 Å². The van der Waals surface area contributed by atoms with E-state index in [1.54, 1.807) is 24.3 Å². The summed E-state index contributed by atoms with van der Waals surface area (Å²) in [6, 6.07) is 11.3. The lowest BCUT2D eigenvalue weighted by atomic mass is 9.99. The molecule has 0 aromatic heterocycles. The summed E-state index contributed by atoms with van der Waals surface area (Å²) in [5.41, 5.74) is 0. The number of thiocarbonyl (C=S) groups is 1. The van der Waals surface area contributed by atoms with E-state index >= 15 is 0 Å². The van der Waals surface area contributed by atoms with Gasteiger partial charge >= 0.3 is 5.24 Å². The van der Waals surface area contributed by atoms with Crippen LogP contribution in [0.3, 0.4) is 0 Å². The van der Waals surface area contributed by atoms with Crippen molar-refractivity contribution < 1.29 is 38.7 Å². The van der Waals surface area contributed by atoms with Crippen molar-refractivity contribution in [3.63, 3.8) is 0 Å². The third-order valence-corrected chi connectivity index (χ3v) is 4.57. The molecule has 3 N–H and O–H groups in total. The van der Waals surface area contributed by atoms with Crippen molar-refractivity contribution in [3.8, 4) is 11.5 Å². The first-order valence-corrected chi connectivity index (χ1v) is 9.34. The van der Waals surface area contributed by atoms with E-state index in [2.05, 4.69) is 0 Å². The van der Waals surface area contributed by atoms with Crippen LogP contribution < -0.4 is 9.47 Å². The highest BCUT2D eigenvalue weighted by molar-refractivity contribution is 7.79. The number of halogens is 2. The van der Waals surface area contributed by atoms with E-state index < -0.39 is 48.4 Å². The van der Waals surface area contributed by atoms with E-state index in [1.165, 1.54) is 24.3 Å². The fraction of sp³-hybridized carbons (Fsp3) is 0.316. The first-order valence-electron chi connectivity index (χ1n) is 8.56. The third-order valence-electron chi connectivity index (χ3n) is 4.13. The summed E-state index contributed by atoms with van der Waals surface area (Å²) in [7, 11) is 0. The molecule has 0 bridgehead atoms. The Morgan fingerprint density at radius 1 is 1.03 bits per heavy atom. The van der Waals surface area contributed by atoms with E-state index in [0.29, 0.717) is 10.8 Å². The Balaban J connectivity index is 1.70. The second-order valence-corrected chi connectivity index (χ2v) is 6.94. The van der Waals surface area contributed by atoms with E-state index in [0.717, 1.165) is 0 Å². The molecule has 3 rings (SSSR count). The molecule has 1 aliphatic heterocycles. The van der Waals surface area contributed by atoms with Gasteiger partial charge in [0, 0.05) is 17.2 Å². The summed E-state index contributed by atoms with van der Waals surface area (Å²) in [6.45, 7) is -0.556. The van der Waals surface area contributed by atoms with Gasteiger partial charge in [0.15, 0.2) is 12.2 Å². The molecule has 1 aliphatic rings. The maximum atomic E-state index is 13.0. The van der Waals surface area contributed by atoms with Crippen LogP contribution in [0.25, 0.3) is 0 Å². The van der Waals surface area contributed by atoms with Gasteiger partial charge in [-0.2, -0.15) is 0 Å². The number of rotatable bonds is 5. The van der Waals surface area contributed by atoms with E-state index in [1.807, 2.05) is 0 Å². The first-order chi connectivity index (χ1) is 13.9. The fourth-order valence-corrected chi connectivity index (χ4v) is 3.00. The second kappa shape index (κ2) is 9.66. The molecular weight excluding hydrogens is 427 g/mol. The molecule has 1 fully saturated rings. The SMILES string of the molecule is OC[C@H]1O[C@H](Oc2ccc(Cl)cc2)[C@H](O)[C@@H](OC(=S)Oc2ccc(F)cc2)[C@H]1O. The van der Waals surface area contributed by atoms with Crippen LogP contribution >= 0.6 is 23.8 Å². The highest BCUT2D eigenvalue weighted by Gasteiger charge is 2.47. The summed E-state index contributed by atoms with van der Waals surface area (Å²) < 4.78 is 34.7. The van der Waals surface area contributed by atoms with Crippen LogP contribution in [0.4, 0.5) is 4.39 Å². The van der Waals surface area contributed by atoms with Crippen molar-refractivity contribution in [1.29, 1.82) is 0 Å². The maximum Gasteiger partial charge on any atom is 0.358 e. The highest BCUT2D eigenvalue weighted by Crippen LogP contribution is 2.27. The van der Waals surface area contributed by atoms with Gasteiger partial charge < -0.3 is 34.3 Å². The minimum absolute atomic E-state index is 0.208. The molecule has 29 heavy (non-hydrogen) atoms. The van der Waals surface area contributed by atoms with Crippen molar-refractivity contribution in [2.45, 2.75) is 30.7 Å². The van der Waals surface area contributed by atoms with Gasteiger partial charge in [0.2, 0.25) is 6.29 Å². The van der Waals surface area contributed by atoms with Crippen LogP contribution in [0.1, 0.15) is 0 Å². The zero-order valence-electron chi connectivity index (χ0n) is 14.9. The third kappa shape index (κ3) is 5.53. The Morgan fingerprint density at radius 2 is 1.66 bits per heavy atom. The lowest BCUT2D eigenvalue weighted by Gasteiger charge is -2.41. The summed E-state index contributed by atoms with van der Waals surface area (Å²) in [5.74, 6) is 0.1000. The lowest BCUT2D eigenvalue weighted by Crippen LogP contribution is -2.61. The zero-order chi connectivity index (χ0) is 21.0. The van der Waals surface area contributed by atoms with Crippen molar-refractivity contribution in [2.75, 3.05) is 6.61 Å². The van der Waals surface area contributed by atoms with Crippen LogP contribution in [0.2, 0.25) is 5.02 Å². The van der Waals surface area contributed by atoms with Gasteiger partial charge in [0.25, 0.3) is 0 Å². The monoisotopic (exact) mass is 444 g/mol. The van der Waals surface area contributed by atoms with E-state index in [9.17, 15) is 19.7 Å². The van der Waals surface area contributed by atoms with E-state index in [4.69, 9.17) is 42.8 Å². The summed E-state index contributed by atoms with van der Waals surface area (Å²) in [6.07, 6.45) is -6.58. The molecule has 0 aliphatic carbocycles. The van der Waals surface area contributed by atoms with Crippen LogP contribution in [0, 0.1) is 5.82 Å². The second-order valence-electron chi connectivity index (χ2n) is 6.17. The van der Waals surface area contributed by atoms with Crippen LogP contribution in [0.15, 0.2) is 48.5 Å². The number of ether oxygens (including phenoxy) is 4. The van der Waals surface area contributed by atoms with Gasteiger partial charge in [0.1, 0.15) is 29.5 Å². The number of hydrogen-bond acceptors (Lipinski definition) is 8. The van der Waals surface area contributed by atoms with Crippen LogP contribution in [-0.2, 0) is 9.47 Å². The van der Waals surface area contributed by atoms with Crippen molar-refractivity contribution >= 4 is 29.1 Å². The zero-order valence-corrected chi connectivity index (χ0v) is 16.4. The van der Waals surface area contributed by atoms with Gasteiger partial charge in [-0.25, -0.2) is 4.39 Å². The largest absolute Gasteiger partial charge is 0.462 e. The Kier molecular flexibility index (Phi) is 7.23.